The molecule has 0 spiro atoms. The summed E-state index contributed by atoms with van der Waals surface area (Å²) in [5.41, 5.74) is 1.47. The molecule has 104 valence electrons. The summed E-state index contributed by atoms with van der Waals surface area (Å²) in [5, 5.41) is 0. The van der Waals surface area contributed by atoms with E-state index in [9.17, 15) is 9.18 Å². The molecule has 0 aliphatic carbocycles. The molecule has 0 saturated heterocycles. The molecule has 0 aliphatic heterocycles. The smallest absolute Gasteiger partial charge is 0.254 e. The first-order valence-corrected chi connectivity index (χ1v) is 6.59. The van der Waals surface area contributed by atoms with Crippen LogP contribution in [-0.2, 0) is 0 Å². The van der Waals surface area contributed by atoms with Crippen LogP contribution in [0.15, 0.2) is 71.9 Å². The van der Waals surface area contributed by atoms with Crippen molar-refractivity contribution in [1.82, 2.24) is 9.97 Å². The number of nitrogens with one attached hydrogen (secondary N) is 1. The minimum Gasteiger partial charge on any atom is -0.313 e. The Balaban J connectivity index is 2.24. The van der Waals surface area contributed by atoms with Crippen molar-refractivity contribution in [3.05, 3.63) is 100.0 Å². The lowest BCUT2D eigenvalue weighted by Crippen LogP contribution is -2.18. The molecule has 4 heteroatoms. The van der Waals surface area contributed by atoms with E-state index in [0.29, 0.717) is 11.1 Å². The lowest BCUT2D eigenvalue weighted by atomic mass is 9.86. The summed E-state index contributed by atoms with van der Waals surface area (Å²) in [7, 11) is 0. The van der Waals surface area contributed by atoms with Crippen LogP contribution in [-0.4, -0.2) is 9.97 Å². The van der Waals surface area contributed by atoms with Gasteiger partial charge < -0.3 is 4.98 Å². The molecule has 0 aliphatic rings. The van der Waals surface area contributed by atoms with E-state index in [1.165, 1.54) is 18.6 Å². The van der Waals surface area contributed by atoms with Crippen molar-refractivity contribution in [2.45, 2.75) is 5.92 Å². The van der Waals surface area contributed by atoms with Gasteiger partial charge >= 0.3 is 0 Å². The molecular weight excluding hydrogens is 267 g/mol. The summed E-state index contributed by atoms with van der Waals surface area (Å²) < 4.78 is 14.2. The van der Waals surface area contributed by atoms with E-state index in [0.717, 1.165) is 5.56 Å². The summed E-state index contributed by atoms with van der Waals surface area (Å²) in [5.74, 6) is -0.820. The maximum atomic E-state index is 14.2. The van der Waals surface area contributed by atoms with E-state index >= 15 is 0 Å². The van der Waals surface area contributed by atoms with Gasteiger partial charge in [0.05, 0.1) is 6.33 Å². The third-order valence-electron chi connectivity index (χ3n) is 3.41. The highest BCUT2D eigenvalue weighted by molar-refractivity contribution is 5.41. The molecule has 0 unspecified atom stereocenters. The molecule has 0 amide bonds. The molecule has 1 aromatic heterocycles. The highest BCUT2D eigenvalue weighted by atomic mass is 19.1. The maximum Gasteiger partial charge on any atom is 0.254 e. The van der Waals surface area contributed by atoms with E-state index < -0.39 is 5.92 Å². The SMILES string of the molecule is O=c1[nH]cncc1[C@H](c1ccccc1)c1ccccc1F. The molecule has 0 bridgehead atoms. The second kappa shape index (κ2) is 5.71. The molecule has 3 rings (SSSR count). The van der Waals surface area contributed by atoms with E-state index in [4.69, 9.17) is 0 Å². The zero-order valence-electron chi connectivity index (χ0n) is 11.2. The Hall–Kier alpha value is -2.75. The predicted molar refractivity (Wildman–Crippen MR) is 78.6 cm³/mol. The number of benzene rings is 2. The van der Waals surface area contributed by atoms with Crippen molar-refractivity contribution < 1.29 is 4.39 Å². The summed E-state index contributed by atoms with van der Waals surface area (Å²) in [6.45, 7) is 0. The minimum absolute atomic E-state index is 0.262. The van der Waals surface area contributed by atoms with Crippen molar-refractivity contribution in [2.75, 3.05) is 0 Å². The van der Waals surface area contributed by atoms with Crippen molar-refractivity contribution in [1.29, 1.82) is 0 Å². The van der Waals surface area contributed by atoms with Crippen LogP contribution in [0.5, 0.6) is 0 Å². The van der Waals surface area contributed by atoms with Crippen LogP contribution >= 0.6 is 0 Å². The average Bonchev–Trinajstić information content (AvgIpc) is 2.52. The van der Waals surface area contributed by atoms with Gasteiger partial charge in [0, 0.05) is 17.7 Å². The molecule has 2 aromatic carbocycles. The normalized spacial score (nSPS) is 12.0. The van der Waals surface area contributed by atoms with Gasteiger partial charge in [0.1, 0.15) is 5.82 Å². The Bertz CT molecular complexity index is 799. The molecule has 0 fully saturated rings. The monoisotopic (exact) mass is 280 g/mol. The fourth-order valence-electron chi connectivity index (χ4n) is 2.44. The van der Waals surface area contributed by atoms with Gasteiger partial charge in [-0.05, 0) is 17.2 Å². The fourth-order valence-corrected chi connectivity index (χ4v) is 2.44. The molecule has 0 radical (unpaired) electrons. The second-order valence-electron chi connectivity index (χ2n) is 4.70. The van der Waals surface area contributed by atoms with Gasteiger partial charge in [-0.15, -0.1) is 0 Å². The van der Waals surface area contributed by atoms with Gasteiger partial charge in [0.15, 0.2) is 0 Å². The summed E-state index contributed by atoms with van der Waals surface area (Å²) in [4.78, 5) is 18.6. The van der Waals surface area contributed by atoms with Crippen LogP contribution in [0.25, 0.3) is 0 Å². The molecule has 1 heterocycles. The number of halogens is 1. The van der Waals surface area contributed by atoms with E-state index in [1.807, 2.05) is 30.3 Å². The Morgan fingerprint density at radius 2 is 1.67 bits per heavy atom. The highest BCUT2D eigenvalue weighted by Crippen LogP contribution is 2.30. The largest absolute Gasteiger partial charge is 0.313 e. The molecule has 1 atom stereocenters. The minimum atomic E-state index is -0.482. The second-order valence-corrected chi connectivity index (χ2v) is 4.70. The number of hydrogen-bond acceptors (Lipinski definition) is 2. The number of rotatable bonds is 3. The standard InChI is InChI=1S/C17H13FN2O/c18-15-9-5-4-8-13(15)16(12-6-2-1-3-7-12)14-10-19-11-20-17(14)21/h1-11,16H,(H,19,20,21)/t16-/m1/s1. The molecule has 3 nitrogen and oxygen atoms in total. The van der Waals surface area contributed by atoms with Crippen molar-refractivity contribution in [3.63, 3.8) is 0 Å². The number of aromatic amines is 1. The summed E-state index contributed by atoms with van der Waals surface area (Å²) in [6, 6.07) is 15.9. The maximum absolute atomic E-state index is 14.2. The zero-order chi connectivity index (χ0) is 14.7. The zero-order valence-corrected chi connectivity index (χ0v) is 11.2. The Labute approximate surface area is 121 Å². The van der Waals surface area contributed by atoms with Gasteiger partial charge in [0.2, 0.25) is 0 Å². The molecule has 1 N–H and O–H groups in total. The van der Waals surface area contributed by atoms with Gasteiger partial charge in [-0.1, -0.05) is 48.5 Å². The van der Waals surface area contributed by atoms with Crippen LogP contribution in [0.4, 0.5) is 4.39 Å². The highest BCUT2D eigenvalue weighted by Gasteiger charge is 2.22. The average molecular weight is 280 g/mol. The lowest BCUT2D eigenvalue weighted by molar-refractivity contribution is 0.606. The fraction of sp³-hybridized carbons (Fsp3) is 0.0588. The van der Waals surface area contributed by atoms with Gasteiger partial charge in [-0.3, -0.25) is 4.79 Å². The Morgan fingerprint density at radius 1 is 0.952 bits per heavy atom. The Morgan fingerprint density at radius 3 is 2.38 bits per heavy atom. The molecular formula is C17H13FN2O. The molecule has 0 saturated carbocycles. The first-order chi connectivity index (χ1) is 10.3. The van der Waals surface area contributed by atoms with Crippen molar-refractivity contribution in [3.8, 4) is 0 Å². The van der Waals surface area contributed by atoms with Crippen LogP contribution in [0, 0.1) is 5.82 Å². The number of H-pyrrole nitrogens is 1. The van der Waals surface area contributed by atoms with Crippen molar-refractivity contribution in [2.24, 2.45) is 0 Å². The van der Waals surface area contributed by atoms with Crippen LogP contribution in [0.1, 0.15) is 22.6 Å². The summed E-state index contributed by atoms with van der Waals surface area (Å²) >= 11 is 0. The van der Waals surface area contributed by atoms with Crippen molar-refractivity contribution >= 4 is 0 Å². The number of nitrogens with zero attached hydrogens (tertiary/aromatic N) is 1. The first kappa shape index (κ1) is 13.2. The Kier molecular flexibility index (Phi) is 3.60. The van der Waals surface area contributed by atoms with Crippen LogP contribution in [0.2, 0.25) is 0 Å². The van der Waals surface area contributed by atoms with Gasteiger partial charge in [-0.2, -0.15) is 0 Å². The quantitative estimate of drug-likeness (QED) is 0.801. The number of aromatic nitrogens is 2. The third kappa shape index (κ3) is 2.60. The van der Waals surface area contributed by atoms with Gasteiger partial charge in [-0.25, -0.2) is 9.37 Å². The van der Waals surface area contributed by atoms with Gasteiger partial charge in [0.25, 0.3) is 5.56 Å². The summed E-state index contributed by atoms with van der Waals surface area (Å²) in [6.07, 6.45) is 2.82. The van der Waals surface area contributed by atoms with Crippen LogP contribution < -0.4 is 5.56 Å². The van der Waals surface area contributed by atoms with E-state index in [1.54, 1.807) is 18.2 Å². The third-order valence-corrected chi connectivity index (χ3v) is 3.41. The van der Waals surface area contributed by atoms with E-state index in [-0.39, 0.29) is 11.4 Å². The first-order valence-electron chi connectivity index (χ1n) is 6.59. The predicted octanol–water partition coefficient (Wildman–Crippen LogP) is 3.09. The topological polar surface area (TPSA) is 45.8 Å². The lowest BCUT2D eigenvalue weighted by Gasteiger charge is -2.18. The van der Waals surface area contributed by atoms with Crippen LogP contribution in [0.3, 0.4) is 0 Å². The molecule has 21 heavy (non-hydrogen) atoms. The molecule has 3 aromatic rings. The van der Waals surface area contributed by atoms with E-state index in [2.05, 4.69) is 9.97 Å². The number of hydrogen-bond donors (Lipinski definition) is 1.